The van der Waals surface area contributed by atoms with Crippen LogP contribution >= 0.6 is 0 Å². The summed E-state index contributed by atoms with van der Waals surface area (Å²) in [4.78, 5) is 2.67. The second-order valence-corrected chi connectivity index (χ2v) is 5.71. The van der Waals surface area contributed by atoms with Gasteiger partial charge in [0, 0.05) is 11.6 Å². The van der Waals surface area contributed by atoms with E-state index in [2.05, 4.69) is 51.4 Å². The van der Waals surface area contributed by atoms with Gasteiger partial charge in [0.2, 0.25) is 0 Å². The predicted octanol–water partition coefficient (Wildman–Crippen LogP) is 4.61. The highest BCUT2D eigenvalue weighted by Gasteiger charge is 2.38. The van der Waals surface area contributed by atoms with Crippen LogP contribution in [0.15, 0.2) is 12.7 Å². The summed E-state index contributed by atoms with van der Waals surface area (Å²) in [6.45, 7) is 18.8. The van der Waals surface area contributed by atoms with Gasteiger partial charge in [0.15, 0.2) is 0 Å². The molecule has 0 aliphatic rings. The van der Waals surface area contributed by atoms with E-state index in [1.165, 1.54) is 32.1 Å². The molecule has 0 aromatic heterocycles. The van der Waals surface area contributed by atoms with Crippen molar-refractivity contribution in [2.45, 2.75) is 84.7 Å². The van der Waals surface area contributed by atoms with Gasteiger partial charge in [-0.25, -0.2) is 0 Å². The maximum Gasteiger partial charge on any atom is 0.0357 e. The van der Waals surface area contributed by atoms with Crippen LogP contribution in [0.25, 0.3) is 0 Å². The van der Waals surface area contributed by atoms with E-state index in [1.54, 1.807) is 0 Å². The Morgan fingerprint density at radius 1 is 1.10 bits per heavy atom. The molecule has 1 atom stereocenters. The van der Waals surface area contributed by atoms with Crippen LogP contribution in [0.1, 0.15) is 73.1 Å². The molecule has 0 spiro atoms. The zero-order valence-corrected chi connectivity index (χ0v) is 14.7. The molecule has 0 aromatic rings. The van der Waals surface area contributed by atoms with Crippen molar-refractivity contribution < 1.29 is 0 Å². The summed E-state index contributed by atoms with van der Waals surface area (Å²) in [6, 6.07) is 0.595. The minimum Gasteiger partial charge on any atom is -0.312 e. The van der Waals surface area contributed by atoms with Crippen molar-refractivity contribution in [1.29, 1.82) is 0 Å². The lowest BCUT2D eigenvalue weighted by Gasteiger charge is -2.48. The Bertz CT molecular complexity index is 230. The van der Waals surface area contributed by atoms with Gasteiger partial charge in [-0.1, -0.05) is 40.7 Å². The van der Waals surface area contributed by atoms with Crippen LogP contribution in [0.5, 0.6) is 0 Å². The molecular weight excluding hydrogens is 244 g/mol. The number of likely N-dealkylation sites (N-methyl/N-ethyl adjacent to an activating group) is 1. The quantitative estimate of drug-likeness (QED) is 0.392. The zero-order chi connectivity index (χ0) is 15.4. The molecular formula is C18H38N2. The fraction of sp³-hybridized carbons (Fsp3) is 0.889. The van der Waals surface area contributed by atoms with Gasteiger partial charge in [0.05, 0.1) is 0 Å². The van der Waals surface area contributed by atoms with Gasteiger partial charge < -0.3 is 5.32 Å². The van der Waals surface area contributed by atoms with Crippen LogP contribution in [0.3, 0.4) is 0 Å². The van der Waals surface area contributed by atoms with Gasteiger partial charge in [-0.05, 0) is 58.2 Å². The van der Waals surface area contributed by atoms with E-state index in [1.807, 2.05) is 6.08 Å². The van der Waals surface area contributed by atoms with Gasteiger partial charge in [-0.3, -0.25) is 4.90 Å². The summed E-state index contributed by atoms with van der Waals surface area (Å²) in [5, 5.41) is 3.84. The molecule has 0 radical (unpaired) electrons. The number of nitrogens with one attached hydrogen (secondary N) is 1. The molecule has 1 N–H and O–H groups in total. The molecule has 0 bridgehead atoms. The number of unbranched alkanes of at least 4 members (excludes halogenated alkanes) is 1. The molecule has 0 aliphatic heterocycles. The molecule has 0 aromatic carbocycles. The minimum atomic E-state index is 0.305. The predicted molar refractivity (Wildman–Crippen MR) is 92.4 cm³/mol. The number of allylic oxidation sites excluding steroid dienone is 1. The van der Waals surface area contributed by atoms with Crippen LogP contribution < -0.4 is 5.32 Å². The molecule has 120 valence electrons. The third-order valence-electron chi connectivity index (χ3n) is 4.81. The third-order valence-corrected chi connectivity index (χ3v) is 4.81. The third kappa shape index (κ3) is 5.21. The Balaban J connectivity index is 5.09. The lowest BCUT2D eigenvalue weighted by molar-refractivity contribution is 0.0455. The lowest BCUT2D eigenvalue weighted by atomic mass is 9.80. The number of rotatable bonds is 13. The number of nitrogens with zero attached hydrogens (tertiary/aromatic N) is 1. The van der Waals surface area contributed by atoms with E-state index in [-0.39, 0.29) is 0 Å². The summed E-state index contributed by atoms with van der Waals surface area (Å²) in [5.41, 5.74) is 0.305. The molecule has 20 heavy (non-hydrogen) atoms. The fourth-order valence-electron chi connectivity index (χ4n) is 3.61. The Kier molecular flexibility index (Phi) is 11.1. The first-order chi connectivity index (χ1) is 9.66. The molecule has 0 saturated heterocycles. The van der Waals surface area contributed by atoms with Crippen LogP contribution in [-0.4, -0.2) is 36.1 Å². The second-order valence-electron chi connectivity index (χ2n) is 5.71. The van der Waals surface area contributed by atoms with Crippen LogP contribution in [0.2, 0.25) is 0 Å². The average molecular weight is 283 g/mol. The van der Waals surface area contributed by atoms with Crippen molar-refractivity contribution in [2.24, 2.45) is 0 Å². The minimum absolute atomic E-state index is 0.305. The maximum absolute atomic E-state index is 3.86. The summed E-state index contributed by atoms with van der Waals surface area (Å²) < 4.78 is 0. The fourth-order valence-corrected chi connectivity index (χ4v) is 3.61. The SMILES string of the molecule is C=CCCCC(NCCC)C(CC)(CC)N(CC)CC. The first-order valence-electron chi connectivity index (χ1n) is 8.75. The first-order valence-corrected chi connectivity index (χ1v) is 8.75. The maximum atomic E-state index is 3.86. The Labute approximate surface area is 128 Å². The number of hydrogen-bond acceptors (Lipinski definition) is 2. The van der Waals surface area contributed by atoms with Crippen molar-refractivity contribution in [3.05, 3.63) is 12.7 Å². The molecule has 0 fully saturated rings. The summed E-state index contributed by atoms with van der Waals surface area (Å²) in [6.07, 6.45) is 9.33. The van der Waals surface area contributed by atoms with E-state index in [4.69, 9.17) is 0 Å². The van der Waals surface area contributed by atoms with E-state index in [9.17, 15) is 0 Å². The summed E-state index contributed by atoms with van der Waals surface area (Å²) in [5.74, 6) is 0. The van der Waals surface area contributed by atoms with Crippen molar-refractivity contribution in [3.63, 3.8) is 0 Å². The first kappa shape index (κ1) is 19.7. The lowest BCUT2D eigenvalue weighted by Crippen LogP contribution is -2.61. The molecule has 0 amide bonds. The highest BCUT2D eigenvalue weighted by Crippen LogP contribution is 2.30. The van der Waals surface area contributed by atoms with Crippen LogP contribution in [0.4, 0.5) is 0 Å². The van der Waals surface area contributed by atoms with Crippen molar-refractivity contribution in [2.75, 3.05) is 19.6 Å². The second kappa shape index (κ2) is 11.3. The van der Waals surface area contributed by atoms with Crippen molar-refractivity contribution in [1.82, 2.24) is 10.2 Å². The largest absolute Gasteiger partial charge is 0.312 e. The van der Waals surface area contributed by atoms with E-state index in [0.717, 1.165) is 26.1 Å². The Morgan fingerprint density at radius 3 is 2.10 bits per heavy atom. The van der Waals surface area contributed by atoms with E-state index < -0.39 is 0 Å². The van der Waals surface area contributed by atoms with Gasteiger partial charge >= 0.3 is 0 Å². The van der Waals surface area contributed by atoms with E-state index in [0.29, 0.717) is 11.6 Å². The average Bonchev–Trinajstić information content (AvgIpc) is 2.49. The van der Waals surface area contributed by atoms with Gasteiger partial charge in [-0.2, -0.15) is 0 Å². The molecule has 1 unspecified atom stereocenters. The van der Waals surface area contributed by atoms with E-state index >= 15 is 0 Å². The van der Waals surface area contributed by atoms with Crippen LogP contribution in [-0.2, 0) is 0 Å². The molecule has 0 heterocycles. The van der Waals surface area contributed by atoms with Crippen molar-refractivity contribution >= 4 is 0 Å². The highest BCUT2D eigenvalue weighted by molar-refractivity contribution is 4.98. The zero-order valence-electron chi connectivity index (χ0n) is 14.7. The topological polar surface area (TPSA) is 15.3 Å². The van der Waals surface area contributed by atoms with Gasteiger partial charge in [0.25, 0.3) is 0 Å². The summed E-state index contributed by atoms with van der Waals surface area (Å²) in [7, 11) is 0. The summed E-state index contributed by atoms with van der Waals surface area (Å²) >= 11 is 0. The van der Waals surface area contributed by atoms with Gasteiger partial charge in [-0.15, -0.1) is 6.58 Å². The normalized spacial score (nSPS) is 13.7. The molecule has 0 rings (SSSR count). The molecule has 2 heteroatoms. The van der Waals surface area contributed by atoms with Crippen molar-refractivity contribution in [3.8, 4) is 0 Å². The standard InChI is InChI=1S/C18H38N2/c1-7-13-14-15-17(19-16-8-2)18(9-3,10-4)20(11-5)12-6/h7,17,19H,1,8-16H2,2-6H3. The van der Waals surface area contributed by atoms with Crippen LogP contribution in [0, 0.1) is 0 Å². The molecule has 0 saturated carbocycles. The van der Waals surface area contributed by atoms with Gasteiger partial charge in [0.1, 0.15) is 0 Å². The molecule has 2 nitrogen and oxygen atoms in total. The number of hydrogen-bond donors (Lipinski definition) is 1. The monoisotopic (exact) mass is 282 g/mol. The smallest absolute Gasteiger partial charge is 0.0357 e. The highest BCUT2D eigenvalue weighted by atomic mass is 15.2. The molecule has 0 aliphatic carbocycles. The Hall–Kier alpha value is -0.340. The Morgan fingerprint density at radius 2 is 1.70 bits per heavy atom.